The fraction of sp³-hybridized carbons (Fsp3) is 0.263. The summed E-state index contributed by atoms with van der Waals surface area (Å²) in [7, 11) is 0. The maximum atomic E-state index is 12.2. The van der Waals surface area contributed by atoms with Crippen molar-refractivity contribution in [3.05, 3.63) is 54.6 Å². The second-order valence-corrected chi connectivity index (χ2v) is 6.11. The summed E-state index contributed by atoms with van der Waals surface area (Å²) in [4.78, 5) is 25.6. The number of anilines is 1. The number of rotatable bonds is 5. The highest BCUT2D eigenvalue weighted by atomic mass is 35.5. The van der Waals surface area contributed by atoms with E-state index in [0.717, 1.165) is 11.4 Å². The van der Waals surface area contributed by atoms with E-state index in [0.29, 0.717) is 12.3 Å². The predicted octanol–water partition coefficient (Wildman–Crippen LogP) is 2.47. The largest absolute Gasteiger partial charge is 0.457 e. The number of benzene rings is 2. The van der Waals surface area contributed by atoms with Crippen LogP contribution in [0.15, 0.2) is 54.6 Å². The molecule has 0 spiro atoms. The maximum Gasteiger partial charge on any atom is 0.236 e. The van der Waals surface area contributed by atoms with E-state index in [9.17, 15) is 9.59 Å². The van der Waals surface area contributed by atoms with Crippen LogP contribution in [-0.2, 0) is 9.59 Å². The standard InChI is InChI=1S/C19H21N3O3.ClH/c1-13(20)19(24)21-14-11-18(23)22(12-14)15-7-9-17(10-8-15)25-16-5-3-2-4-6-16;/h2-10,13-14H,11-12,20H2,1H3,(H,21,24);1H/t13-,14?;/m0./s1. The van der Waals surface area contributed by atoms with Gasteiger partial charge in [-0.25, -0.2) is 0 Å². The molecule has 3 rings (SSSR count). The lowest BCUT2D eigenvalue weighted by Crippen LogP contribution is -2.44. The minimum absolute atomic E-state index is 0. The Morgan fingerprint density at radius 2 is 1.77 bits per heavy atom. The van der Waals surface area contributed by atoms with Crippen LogP contribution in [0.25, 0.3) is 0 Å². The molecule has 2 aromatic carbocycles. The monoisotopic (exact) mass is 375 g/mol. The number of carbonyl (C=O) groups is 2. The Bertz CT molecular complexity index is 750. The molecule has 138 valence electrons. The molecule has 26 heavy (non-hydrogen) atoms. The highest BCUT2D eigenvalue weighted by Gasteiger charge is 2.31. The lowest BCUT2D eigenvalue weighted by atomic mass is 10.2. The van der Waals surface area contributed by atoms with Crippen molar-refractivity contribution < 1.29 is 14.3 Å². The third-order valence-corrected chi connectivity index (χ3v) is 4.01. The van der Waals surface area contributed by atoms with Gasteiger partial charge in [-0.05, 0) is 43.3 Å². The molecule has 1 aliphatic heterocycles. The topological polar surface area (TPSA) is 84.7 Å². The van der Waals surface area contributed by atoms with Gasteiger partial charge in [0.15, 0.2) is 0 Å². The molecule has 2 amide bonds. The minimum atomic E-state index is -0.585. The molecule has 0 saturated carbocycles. The van der Waals surface area contributed by atoms with Gasteiger partial charge in [0.25, 0.3) is 0 Å². The van der Waals surface area contributed by atoms with E-state index >= 15 is 0 Å². The maximum absolute atomic E-state index is 12.2. The lowest BCUT2D eigenvalue weighted by molar-refractivity contribution is -0.122. The van der Waals surface area contributed by atoms with Crippen molar-refractivity contribution in [1.29, 1.82) is 0 Å². The summed E-state index contributed by atoms with van der Waals surface area (Å²) in [6.45, 7) is 2.06. The van der Waals surface area contributed by atoms with E-state index in [1.807, 2.05) is 54.6 Å². The van der Waals surface area contributed by atoms with Crippen LogP contribution < -0.4 is 20.7 Å². The van der Waals surface area contributed by atoms with Gasteiger partial charge in [0.2, 0.25) is 11.8 Å². The fourth-order valence-electron chi connectivity index (χ4n) is 2.71. The number of halogens is 1. The van der Waals surface area contributed by atoms with Gasteiger partial charge in [-0.1, -0.05) is 18.2 Å². The Morgan fingerprint density at radius 3 is 2.38 bits per heavy atom. The van der Waals surface area contributed by atoms with Gasteiger partial charge in [0.05, 0.1) is 12.1 Å². The predicted molar refractivity (Wildman–Crippen MR) is 103 cm³/mol. The molecule has 7 heteroatoms. The first kappa shape index (κ1) is 19.8. The summed E-state index contributed by atoms with van der Waals surface area (Å²) >= 11 is 0. The molecule has 1 heterocycles. The van der Waals surface area contributed by atoms with E-state index in [2.05, 4.69) is 5.32 Å². The van der Waals surface area contributed by atoms with E-state index in [4.69, 9.17) is 10.5 Å². The van der Waals surface area contributed by atoms with Gasteiger partial charge < -0.3 is 20.7 Å². The number of nitrogens with one attached hydrogen (secondary N) is 1. The zero-order valence-electron chi connectivity index (χ0n) is 14.4. The summed E-state index contributed by atoms with van der Waals surface area (Å²) in [6, 6.07) is 16.0. The van der Waals surface area contributed by atoms with Gasteiger partial charge in [0, 0.05) is 18.7 Å². The second-order valence-electron chi connectivity index (χ2n) is 6.11. The number of nitrogens with two attached hydrogens (primary N) is 1. The van der Waals surface area contributed by atoms with E-state index in [1.165, 1.54) is 0 Å². The van der Waals surface area contributed by atoms with Crippen molar-refractivity contribution in [1.82, 2.24) is 5.32 Å². The highest BCUT2D eigenvalue weighted by Crippen LogP contribution is 2.26. The molecule has 1 aliphatic rings. The first-order valence-corrected chi connectivity index (χ1v) is 8.22. The number of para-hydroxylation sites is 1. The van der Waals surface area contributed by atoms with Crippen molar-refractivity contribution in [3.63, 3.8) is 0 Å². The van der Waals surface area contributed by atoms with Crippen molar-refractivity contribution in [3.8, 4) is 11.5 Å². The SMILES string of the molecule is C[C@H](N)C(=O)NC1CC(=O)N(c2ccc(Oc3ccccc3)cc2)C1.Cl. The molecule has 0 aromatic heterocycles. The first-order valence-electron chi connectivity index (χ1n) is 8.22. The van der Waals surface area contributed by atoms with Crippen LogP contribution in [0, 0.1) is 0 Å². The fourth-order valence-corrected chi connectivity index (χ4v) is 2.71. The van der Waals surface area contributed by atoms with Crippen LogP contribution in [0.1, 0.15) is 13.3 Å². The number of carbonyl (C=O) groups excluding carboxylic acids is 2. The average molecular weight is 376 g/mol. The van der Waals surface area contributed by atoms with Crippen LogP contribution in [0.2, 0.25) is 0 Å². The number of hydrogen-bond acceptors (Lipinski definition) is 4. The van der Waals surface area contributed by atoms with Crippen molar-refractivity contribution in [2.24, 2.45) is 5.73 Å². The number of amides is 2. The van der Waals surface area contributed by atoms with Gasteiger partial charge >= 0.3 is 0 Å². The molecule has 0 radical (unpaired) electrons. The zero-order valence-corrected chi connectivity index (χ0v) is 15.2. The third kappa shape index (κ3) is 4.74. The van der Waals surface area contributed by atoms with Crippen LogP contribution >= 0.6 is 12.4 Å². The van der Waals surface area contributed by atoms with Crippen molar-refractivity contribution >= 4 is 29.9 Å². The molecular weight excluding hydrogens is 354 g/mol. The highest BCUT2D eigenvalue weighted by molar-refractivity contribution is 5.97. The quantitative estimate of drug-likeness (QED) is 0.840. The van der Waals surface area contributed by atoms with Crippen molar-refractivity contribution in [2.75, 3.05) is 11.4 Å². The van der Waals surface area contributed by atoms with Gasteiger partial charge in [-0.3, -0.25) is 9.59 Å². The number of hydrogen-bond donors (Lipinski definition) is 2. The molecule has 6 nitrogen and oxygen atoms in total. The molecular formula is C19H22ClN3O3. The molecule has 2 aromatic rings. The first-order chi connectivity index (χ1) is 12.0. The zero-order chi connectivity index (χ0) is 17.8. The van der Waals surface area contributed by atoms with Crippen LogP contribution in [0.5, 0.6) is 11.5 Å². The summed E-state index contributed by atoms with van der Waals surface area (Å²) in [5.74, 6) is 1.19. The Morgan fingerprint density at radius 1 is 1.15 bits per heavy atom. The third-order valence-electron chi connectivity index (χ3n) is 4.01. The van der Waals surface area contributed by atoms with E-state index < -0.39 is 6.04 Å². The average Bonchev–Trinajstić information content (AvgIpc) is 2.96. The summed E-state index contributed by atoms with van der Waals surface area (Å²) < 4.78 is 5.75. The normalized spacial score (nSPS) is 17.4. The van der Waals surface area contributed by atoms with E-state index in [1.54, 1.807) is 11.8 Å². The second kappa shape index (κ2) is 8.69. The summed E-state index contributed by atoms with van der Waals surface area (Å²) in [6.07, 6.45) is 0.278. The Balaban J connectivity index is 0.00000243. The number of nitrogens with zero attached hydrogens (tertiary/aromatic N) is 1. The summed E-state index contributed by atoms with van der Waals surface area (Å²) in [5.41, 5.74) is 6.33. The molecule has 0 bridgehead atoms. The van der Waals surface area contributed by atoms with Gasteiger partial charge in [-0.2, -0.15) is 0 Å². The van der Waals surface area contributed by atoms with E-state index in [-0.39, 0.29) is 36.7 Å². The van der Waals surface area contributed by atoms with Crippen molar-refractivity contribution in [2.45, 2.75) is 25.4 Å². The Kier molecular flexibility index (Phi) is 6.60. The molecule has 1 fully saturated rings. The van der Waals surface area contributed by atoms with Crippen LogP contribution in [-0.4, -0.2) is 30.4 Å². The van der Waals surface area contributed by atoms with Gasteiger partial charge in [0.1, 0.15) is 11.5 Å². The van der Waals surface area contributed by atoms with Crippen LogP contribution in [0.3, 0.4) is 0 Å². The number of ether oxygens (including phenoxy) is 1. The molecule has 1 saturated heterocycles. The Hall–Kier alpha value is -2.57. The molecule has 1 unspecified atom stereocenters. The molecule has 0 aliphatic carbocycles. The van der Waals surface area contributed by atoms with Gasteiger partial charge in [-0.15, -0.1) is 12.4 Å². The molecule has 3 N–H and O–H groups in total. The molecule has 2 atom stereocenters. The smallest absolute Gasteiger partial charge is 0.236 e. The Labute approximate surface area is 158 Å². The minimum Gasteiger partial charge on any atom is -0.457 e. The summed E-state index contributed by atoms with van der Waals surface area (Å²) in [5, 5.41) is 2.80. The van der Waals surface area contributed by atoms with Crippen LogP contribution in [0.4, 0.5) is 5.69 Å². The lowest BCUT2D eigenvalue weighted by Gasteiger charge is -2.18.